The van der Waals surface area contributed by atoms with Gasteiger partial charge in [0.2, 0.25) is 0 Å². The van der Waals surface area contributed by atoms with Gasteiger partial charge in [-0.2, -0.15) is 0 Å². The standard InChI is InChI=1S/C11H28O4Si3/c1-5-9-10-12-11-18(8-4)14-16(6-2)13-17(7-3)15-18/h16-17H,5-11H2,1-4H3. The lowest BCUT2D eigenvalue weighted by Crippen LogP contribution is -2.60. The lowest BCUT2D eigenvalue weighted by molar-refractivity contribution is 0.132. The lowest BCUT2D eigenvalue weighted by atomic mass is 10.4. The highest BCUT2D eigenvalue weighted by Crippen LogP contribution is 2.25. The zero-order valence-corrected chi connectivity index (χ0v) is 15.5. The molecular formula is C11H28O4Si3. The first-order valence-corrected chi connectivity index (χ1v) is 13.0. The molecule has 4 nitrogen and oxygen atoms in total. The second kappa shape index (κ2) is 8.62. The van der Waals surface area contributed by atoms with Crippen LogP contribution < -0.4 is 0 Å². The van der Waals surface area contributed by atoms with Crippen LogP contribution in [-0.4, -0.2) is 40.0 Å². The summed E-state index contributed by atoms with van der Waals surface area (Å²) in [6.45, 7) is 9.50. The maximum absolute atomic E-state index is 6.23. The van der Waals surface area contributed by atoms with E-state index in [4.69, 9.17) is 17.1 Å². The molecule has 0 aromatic heterocycles. The molecule has 0 aromatic carbocycles. The van der Waals surface area contributed by atoms with Gasteiger partial charge in [0.1, 0.15) is 0 Å². The Labute approximate surface area is 116 Å². The second-order valence-electron chi connectivity index (χ2n) is 4.72. The highest BCUT2D eigenvalue weighted by atomic mass is 28.5. The number of rotatable bonds is 8. The Morgan fingerprint density at radius 2 is 1.61 bits per heavy atom. The van der Waals surface area contributed by atoms with Gasteiger partial charge in [0.25, 0.3) is 0 Å². The smallest absolute Gasteiger partial charge is 0.346 e. The minimum absolute atomic E-state index is 0.694. The van der Waals surface area contributed by atoms with E-state index in [0.717, 1.165) is 31.2 Å². The minimum atomic E-state index is -2.10. The minimum Gasteiger partial charge on any atom is -0.420 e. The molecule has 1 aliphatic rings. The zero-order valence-electron chi connectivity index (χ0n) is 12.2. The Morgan fingerprint density at radius 3 is 2.06 bits per heavy atom. The van der Waals surface area contributed by atoms with Gasteiger partial charge in [-0.3, -0.25) is 0 Å². The fourth-order valence-electron chi connectivity index (χ4n) is 1.90. The predicted octanol–water partition coefficient (Wildman–Crippen LogP) is 2.35. The maximum Gasteiger partial charge on any atom is 0.346 e. The van der Waals surface area contributed by atoms with Gasteiger partial charge in [-0.25, -0.2) is 0 Å². The monoisotopic (exact) mass is 308 g/mol. The SMILES string of the molecule is CCCCOC[Si]1(CC)O[SiH](CC)O[SiH](CC)O1. The van der Waals surface area contributed by atoms with Crippen LogP contribution in [0.25, 0.3) is 0 Å². The molecule has 0 bridgehead atoms. The van der Waals surface area contributed by atoms with Crippen LogP contribution in [0.2, 0.25) is 18.1 Å². The molecule has 1 heterocycles. The average molecular weight is 309 g/mol. The summed E-state index contributed by atoms with van der Waals surface area (Å²) in [5.74, 6) is 0. The average Bonchev–Trinajstić information content (AvgIpc) is 2.43. The van der Waals surface area contributed by atoms with Crippen LogP contribution in [0.5, 0.6) is 0 Å². The van der Waals surface area contributed by atoms with Crippen molar-refractivity contribution < 1.29 is 17.1 Å². The summed E-state index contributed by atoms with van der Waals surface area (Å²) < 4.78 is 24.2. The summed E-state index contributed by atoms with van der Waals surface area (Å²) in [6.07, 6.45) is 2.98. The van der Waals surface area contributed by atoms with E-state index in [1.54, 1.807) is 0 Å². The van der Waals surface area contributed by atoms with Crippen LogP contribution in [0.4, 0.5) is 0 Å². The molecule has 1 fully saturated rings. The van der Waals surface area contributed by atoms with Crippen molar-refractivity contribution >= 4 is 27.1 Å². The van der Waals surface area contributed by atoms with Gasteiger partial charge in [-0.1, -0.05) is 34.1 Å². The van der Waals surface area contributed by atoms with Crippen molar-refractivity contribution in [2.45, 2.75) is 58.7 Å². The predicted molar refractivity (Wildman–Crippen MR) is 80.5 cm³/mol. The number of hydrogen-bond donors (Lipinski definition) is 0. The van der Waals surface area contributed by atoms with Crippen molar-refractivity contribution in [2.24, 2.45) is 0 Å². The second-order valence-corrected chi connectivity index (χ2v) is 13.9. The van der Waals surface area contributed by atoms with E-state index in [2.05, 4.69) is 27.7 Å². The summed E-state index contributed by atoms with van der Waals surface area (Å²) in [4.78, 5) is 0. The molecule has 1 rings (SSSR count). The Morgan fingerprint density at radius 1 is 1.00 bits per heavy atom. The largest absolute Gasteiger partial charge is 0.420 e. The van der Waals surface area contributed by atoms with Gasteiger partial charge in [-0.15, -0.1) is 0 Å². The summed E-state index contributed by atoms with van der Waals surface area (Å²) in [7, 11) is -5.03. The third-order valence-electron chi connectivity index (χ3n) is 3.17. The van der Waals surface area contributed by atoms with Gasteiger partial charge in [-0.05, 0) is 24.6 Å². The van der Waals surface area contributed by atoms with E-state index >= 15 is 0 Å². The molecule has 7 heteroatoms. The number of ether oxygens (including phenoxy) is 1. The van der Waals surface area contributed by atoms with Crippen molar-refractivity contribution in [3.63, 3.8) is 0 Å². The van der Waals surface area contributed by atoms with Crippen molar-refractivity contribution in [1.82, 2.24) is 0 Å². The first-order valence-electron chi connectivity index (χ1n) is 7.28. The Hall–Kier alpha value is 0.491. The number of hydrogen-bond acceptors (Lipinski definition) is 4. The summed E-state index contributed by atoms with van der Waals surface area (Å²) in [5.41, 5.74) is 0. The molecule has 0 aromatic rings. The first kappa shape index (κ1) is 16.5. The Kier molecular flexibility index (Phi) is 7.92. The maximum atomic E-state index is 6.23. The van der Waals surface area contributed by atoms with E-state index in [0.29, 0.717) is 6.23 Å². The van der Waals surface area contributed by atoms with Gasteiger partial charge in [0.05, 0.1) is 6.23 Å². The normalized spacial score (nSPS) is 32.7. The van der Waals surface area contributed by atoms with Crippen LogP contribution in [0, 0.1) is 0 Å². The van der Waals surface area contributed by atoms with Gasteiger partial charge >= 0.3 is 27.1 Å². The van der Waals surface area contributed by atoms with Gasteiger partial charge < -0.3 is 17.1 Å². The molecule has 1 aliphatic heterocycles. The molecule has 0 amide bonds. The molecule has 0 aliphatic carbocycles. The molecular weight excluding hydrogens is 280 g/mol. The molecule has 0 radical (unpaired) electrons. The summed E-state index contributed by atoms with van der Waals surface area (Å²) in [5, 5.41) is 0. The van der Waals surface area contributed by atoms with Crippen molar-refractivity contribution in [3.05, 3.63) is 0 Å². The van der Waals surface area contributed by atoms with E-state index < -0.39 is 27.1 Å². The molecule has 0 saturated carbocycles. The van der Waals surface area contributed by atoms with Crippen LogP contribution in [0.15, 0.2) is 0 Å². The molecule has 1 saturated heterocycles. The summed E-state index contributed by atoms with van der Waals surface area (Å²) in [6, 6.07) is 3.06. The van der Waals surface area contributed by atoms with Crippen LogP contribution >= 0.6 is 0 Å². The van der Waals surface area contributed by atoms with Crippen LogP contribution in [-0.2, 0) is 17.1 Å². The fraction of sp³-hybridized carbons (Fsp3) is 1.00. The highest BCUT2D eigenvalue weighted by molar-refractivity contribution is 6.83. The zero-order chi connectivity index (χ0) is 13.4. The Bertz CT molecular complexity index is 218. The van der Waals surface area contributed by atoms with Crippen molar-refractivity contribution in [1.29, 1.82) is 0 Å². The summed E-state index contributed by atoms with van der Waals surface area (Å²) >= 11 is 0. The molecule has 108 valence electrons. The topological polar surface area (TPSA) is 36.9 Å². The van der Waals surface area contributed by atoms with Crippen molar-refractivity contribution in [2.75, 3.05) is 12.8 Å². The van der Waals surface area contributed by atoms with Crippen LogP contribution in [0.1, 0.15) is 40.5 Å². The van der Waals surface area contributed by atoms with Crippen molar-refractivity contribution in [3.8, 4) is 0 Å². The van der Waals surface area contributed by atoms with E-state index in [1.165, 1.54) is 6.42 Å². The Balaban J connectivity index is 2.53. The quantitative estimate of drug-likeness (QED) is 0.509. The van der Waals surface area contributed by atoms with Gasteiger partial charge in [0.15, 0.2) is 0 Å². The molecule has 0 spiro atoms. The van der Waals surface area contributed by atoms with E-state index in [1.807, 2.05) is 0 Å². The number of unbranched alkanes of at least 4 members (excludes halogenated alkanes) is 1. The third-order valence-corrected chi connectivity index (χ3v) is 14.2. The lowest BCUT2D eigenvalue weighted by Gasteiger charge is -2.41. The highest BCUT2D eigenvalue weighted by Gasteiger charge is 2.46. The van der Waals surface area contributed by atoms with Gasteiger partial charge in [0, 0.05) is 6.61 Å². The molecule has 0 N–H and O–H groups in total. The molecule has 2 atom stereocenters. The third kappa shape index (κ3) is 4.87. The molecule has 2 unspecified atom stereocenters. The first-order chi connectivity index (χ1) is 8.69. The fourth-order valence-corrected chi connectivity index (χ4v) is 14.7. The van der Waals surface area contributed by atoms with E-state index in [9.17, 15) is 0 Å². The molecule has 18 heavy (non-hydrogen) atoms. The van der Waals surface area contributed by atoms with E-state index in [-0.39, 0.29) is 0 Å². The van der Waals surface area contributed by atoms with Crippen LogP contribution in [0.3, 0.4) is 0 Å².